The molecule has 17 heavy (non-hydrogen) atoms. The van der Waals surface area contributed by atoms with Gasteiger partial charge in [0.1, 0.15) is 5.75 Å². The van der Waals surface area contributed by atoms with Crippen LogP contribution in [0.5, 0.6) is 0 Å². The molecule has 0 N–H and O–H groups in total. The molecule has 0 amide bonds. The van der Waals surface area contributed by atoms with Crippen LogP contribution >= 0.6 is 27.3 Å². The van der Waals surface area contributed by atoms with Crippen LogP contribution in [0, 0.1) is 0 Å². The van der Waals surface area contributed by atoms with Crippen molar-refractivity contribution in [3.8, 4) is 10.7 Å². The SMILES string of the molecule is CCS(=O)(=O)Cc1nc(-c2cc(Br)cs2)no1. The molecule has 2 rings (SSSR count). The fourth-order valence-corrected chi connectivity index (χ4v) is 3.18. The maximum Gasteiger partial charge on any atom is 0.242 e. The fraction of sp³-hybridized carbons (Fsp3) is 0.333. The van der Waals surface area contributed by atoms with Crippen LogP contribution < -0.4 is 0 Å². The lowest BCUT2D eigenvalue weighted by Crippen LogP contribution is -2.06. The van der Waals surface area contributed by atoms with E-state index in [9.17, 15) is 8.42 Å². The Morgan fingerprint density at radius 2 is 2.29 bits per heavy atom. The highest BCUT2D eigenvalue weighted by Gasteiger charge is 2.16. The molecule has 0 saturated heterocycles. The highest BCUT2D eigenvalue weighted by atomic mass is 79.9. The first-order chi connectivity index (χ1) is 8.00. The number of thiophene rings is 1. The molecule has 0 atom stereocenters. The van der Waals surface area contributed by atoms with Crippen LogP contribution in [0.25, 0.3) is 10.7 Å². The van der Waals surface area contributed by atoms with Gasteiger partial charge in [0.2, 0.25) is 11.7 Å². The van der Waals surface area contributed by atoms with Crippen molar-refractivity contribution in [1.29, 1.82) is 0 Å². The molecule has 92 valence electrons. The molecule has 8 heteroatoms. The van der Waals surface area contributed by atoms with Gasteiger partial charge in [0.05, 0.1) is 4.88 Å². The maximum absolute atomic E-state index is 11.4. The maximum atomic E-state index is 11.4. The van der Waals surface area contributed by atoms with Crippen molar-refractivity contribution in [3.63, 3.8) is 0 Å². The van der Waals surface area contributed by atoms with Crippen molar-refractivity contribution in [2.75, 3.05) is 5.75 Å². The summed E-state index contributed by atoms with van der Waals surface area (Å²) < 4.78 is 28.6. The molecule has 2 aromatic heterocycles. The number of aromatic nitrogens is 2. The van der Waals surface area contributed by atoms with Gasteiger partial charge in [-0.1, -0.05) is 12.1 Å². The summed E-state index contributed by atoms with van der Waals surface area (Å²) >= 11 is 4.78. The van der Waals surface area contributed by atoms with Crippen LogP contribution in [-0.4, -0.2) is 24.3 Å². The average Bonchev–Trinajstić information content (AvgIpc) is 2.86. The van der Waals surface area contributed by atoms with Gasteiger partial charge < -0.3 is 4.52 Å². The van der Waals surface area contributed by atoms with Crippen LogP contribution in [0.2, 0.25) is 0 Å². The molecule has 0 unspecified atom stereocenters. The van der Waals surface area contributed by atoms with E-state index in [0.29, 0.717) is 5.82 Å². The molecular formula is C9H9BrN2O3S2. The first kappa shape index (κ1) is 12.7. The molecule has 0 bridgehead atoms. The Balaban J connectivity index is 2.22. The van der Waals surface area contributed by atoms with E-state index in [1.807, 2.05) is 11.4 Å². The Morgan fingerprint density at radius 3 is 2.88 bits per heavy atom. The molecule has 5 nitrogen and oxygen atoms in total. The molecule has 0 aliphatic heterocycles. The molecule has 2 heterocycles. The van der Waals surface area contributed by atoms with Crippen molar-refractivity contribution in [3.05, 3.63) is 21.8 Å². The third-order valence-electron chi connectivity index (χ3n) is 2.04. The Bertz CT molecular complexity index is 618. The van der Waals surface area contributed by atoms with Gasteiger partial charge in [-0.25, -0.2) is 8.42 Å². The first-order valence-electron chi connectivity index (χ1n) is 4.77. The minimum atomic E-state index is -3.14. The van der Waals surface area contributed by atoms with Gasteiger partial charge in [0, 0.05) is 15.6 Å². The van der Waals surface area contributed by atoms with Gasteiger partial charge in [-0.3, -0.25) is 0 Å². The predicted molar refractivity (Wildman–Crippen MR) is 68.5 cm³/mol. The molecule has 0 saturated carbocycles. The number of nitrogens with zero attached hydrogens (tertiary/aromatic N) is 2. The second kappa shape index (κ2) is 4.87. The van der Waals surface area contributed by atoms with E-state index >= 15 is 0 Å². The number of hydrogen-bond acceptors (Lipinski definition) is 6. The minimum absolute atomic E-state index is 0.0647. The fourth-order valence-electron chi connectivity index (χ4n) is 1.13. The van der Waals surface area contributed by atoms with Gasteiger partial charge in [0.25, 0.3) is 0 Å². The van der Waals surface area contributed by atoms with Crippen molar-refractivity contribution in [2.24, 2.45) is 0 Å². The van der Waals surface area contributed by atoms with Crippen LogP contribution in [-0.2, 0) is 15.6 Å². The minimum Gasteiger partial charge on any atom is -0.338 e. The third-order valence-corrected chi connectivity index (χ3v) is 5.29. The standard InChI is InChI=1S/C9H9BrN2O3S2/c1-2-17(13,14)5-8-11-9(12-15-8)7-3-6(10)4-16-7/h3-4H,2,5H2,1H3. The van der Waals surface area contributed by atoms with Crippen molar-refractivity contribution >= 4 is 37.1 Å². The summed E-state index contributed by atoms with van der Waals surface area (Å²) in [6.45, 7) is 1.59. The average molecular weight is 337 g/mol. The van der Waals surface area contributed by atoms with E-state index in [0.717, 1.165) is 9.35 Å². The Morgan fingerprint density at radius 1 is 1.53 bits per heavy atom. The lowest BCUT2D eigenvalue weighted by atomic mass is 10.4. The molecule has 0 aromatic carbocycles. The normalized spacial score (nSPS) is 11.9. The lowest BCUT2D eigenvalue weighted by Gasteiger charge is -1.93. The Labute approximate surface area is 111 Å². The highest BCUT2D eigenvalue weighted by Crippen LogP contribution is 2.27. The van der Waals surface area contributed by atoms with Crippen LogP contribution in [0.1, 0.15) is 12.8 Å². The van der Waals surface area contributed by atoms with Gasteiger partial charge >= 0.3 is 0 Å². The number of hydrogen-bond donors (Lipinski definition) is 0. The Kier molecular flexibility index (Phi) is 3.64. The second-order valence-electron chi connectivity index (χ2n) is 3.32. The molecule has 0 spiro atoms. The zero-order valence-electron chi connectivity index (χ0n) is 8.88. The summed E-state index contributed by atoms with van der Waals surface area (Å²) in [5, 5.41) is 5.65. The van der Waals surface area contributed by atoms with E-state index in [-0.39, 0.29) is 17.4 Å². The summed E-state index contributed by atoms with van der Waals surface area (Å²) in [4.78, 5) is 4.89. The molecule has 0 aliphatic carbocycles. The molecular weight excluding hydrogens is 328 g/mol. The van der Waals surface area contributed by atoms with E-state index in [1.165, 1.54) is 11.3 Å². The van der Waals surface area contributed by atoms with Gasteiger partial charge in [-0.05, 0) is 22.0 Å². The van der Waals surface area contributed by atoms with E-state index in [1.54, 1.807) is 6.92 Å². The van der Waals surface area contributed by atoms with Crippen LogP contribution in [0.3, 0.4) is 0 Å². The zero-order valence-corrected chi connectivity index (χ0v) is 12.1. The van der Waals surface area contributed by atoms with Crippen molar-refractivity contribution in [1.82, 2.24) is 10.1 Å². The van der Waals surface area contributed by atoms with Gasteiger partial charge in [-0.15, -0.1) is 11.3 Å². The third kappa shape index (κ3) is 3.14. The summed E-state index contributed by atoms with van der Waals surface area (Å²) in [6.07, 6.45) is 0. The van der Waals surface area contributed by atoms with Crippen molar-refractivity contribution in [2.45, 2.75) is 12.7 Å². The molecule has 0 fully saturated rings. The topological polar surface area (TPSA) is 73.1 Å². The van der Waals surface area contributed by atoms with E-state index in [4.69, 9.17) is 4.52 Å². The van der Waals surface area contributed by atoms with Crippen LogP contribution in [0.15, 0.2) is 20.4 Å². The summed E-state index contributed by atoms with van der Waals surface area (Å²) in [5.41, 5.74) is 0. The van der Waals surface area contributed by atoms with E-state index in [2.05, 4.69) is 26.1 Å². The molecule has 0 radical (unpaired) electrons. The number of sulfone groups is 1. The lowest BCUT2D eigenvalue weighted by molar-refractivity contribution is 0.389. The smallest absolute Gasteiger partial charge is 0.242 e. The quantitative estimate of drug-likeness (QED) is 0.857. The summed E-state index contributed by atoms with van der Waals surface area (Å²) in [6, 6.07) is 1.85. The predicted octanol–water partition coefficient (Wildman–Crippen LogP) is 2.50. The number of rotatable bonds is 4. The largest absolute Gasteiger partial charge is 0.338 e. The first-order valence-corrected chi connectivity index (χ1v) is 8.27. The highest BCUT2D eigenvalue weighted by molar-refractivity contribution is 9.10. The second-order valence-corrected chi connectivity index (χ2v) is 7.50. The van der Waals surface area contributed by atoms with Crippen LogP contribution in [0.4, 0.5) is 0 Å². The Hall–Kier alpha value is -0.730. The van der Waals surface area contributed by atoms with Crippen molar-refractivity contribution < 1.29 is 12.9 Å². The monoisotopic (exact) mass is 336 g/mol. The summed E-state index contributed by atoms with van der Waals surface area (Å²) in [5.74, 6) is 0.409. The van der Waals surface area contributed by atoms with Gasteiger partial charge in [0.15, 0.2) is 9.84 Å². The summed E-state index contributed by atoms with van der Waals surface area (Å²) in [7, 11) is -3.14. The molecule has 0 aliphatic rings. The van der Waals surface area contributed by atoms with E-state index < -0.39 is 9.84 Å². The molecule has 2 aromatic rings. The zero-order chi connectivity index (χ0) is 12.5. The number of halogens is 1. The van der Waals surface area contributed by atoms with Gasteiger partial charge in [-0.2, -0.15) is 4.98 Å².